The van der Waals surface area contributed by atoms with Crippen LogP contribution in [0.5, 0.6) is 0 Å². The van der Waals surface area contributed by atoms with Gasteiger partial charge in [0.05, 0.1) is 29.9 Å². The molecular weight excluding hydrogens is 192 g/mol. The van der Waals surface area contributed by atoms with Crippen molar-refractivity contribution in [2.24, 2.45) is 0 Å². The van der Waals surface area contributed by atoms with Crippen molar-refractivity contribution in [1.82, 2.24) is 0 Å². The van der Waals surface area contributed by atoms with Gasteiger partial charge in [-0.15, -0.1) is 0 Å². The predicted molar refractivity (Wildman–Crippen MR) is 51.9 cm³/mol. The molecule has 0 saturated heterocycles. The number of hydrogen-bond donors (Lipinski definition) is 0. The van der Waals surface area contributed by atoms with Gasteiger partial charge in [0, 0.05) is 0 Å². The van der Waals surface area contributed by atoms with Crippen LogP contribution in [0, 0.1) is 29.6 Å². The third kappa shape index (κ3) is 1.95. The lowest BCUT2D eigenvalue weighted by Gasteiger charge is -2.04. The van der Waals surface area contributed by atoms with Crippen LogP contribution in [0.4, 0.5) is 0 Å². The lowest BCUT2D eigenvalue weighted by molar-refractivity contribution is 0.0600. The third-order valence-corrected chi connectivity index (χ3v) is 2.01. The number of esters is 1. The van der Waals surface area contributed by atoms with Crippen LogP contribution >= 0.6 is 0 Å². The molecule has 0 unspecified atom stereocenters. The van der Waals surface area contributed by atoms with Gasteiger partial charge in [-0.3, -0.25) is 0 Å². The van der Waals surface area contributed by atoms with Crippen LogP contribution in [0.1, 0.15) is 27.0 Å². The average molecular weight is 200 g/mol. The molecule has 0 amide bonds. The molecule has 15 heavy (non-hydrogen) atoms. The van der Waals surface area contributed by atoms with Gasteiger partial charge in [0.2, 0.25) is 0 Å². The van der Waals surface area contributed by atoms with Crippen molar-refractivity contribution in [1.29, 1.82) is 10.5 Å². The van der Waals surface area contributed by atoms with Crippen LogP contribution < -0.4 is 0 Å². The van der Waals surface area contributed by atoms with Gasteiger partial charge in [-0.25, -0.2) is 4.79 Å². The molecule has 0 fully saturated rings. The molecule has 1 aromatic rings. The maximum Gasteiger partial charge on any atom is 0.339 e. The minimum atomic E-state index is -0.570. The zero-order chi connectivity index (χ0) is 11.4. The van der Waals surface area contributed by atoms with E-state index in [0.29, 0.717) is 11.1 Å². The highest BCUT2D eigenvalue weighted by atomic mass is 16.5. The number of hydrogen-bond acceptors (Lipinski definition) is 4. The summed E-state index contributed by atoms with van der Waals surface area (Å²) in [5.41, 5.74) is 1.39. The van der Waals surface area contributed by atoms with Crippen molar-refractivity contribution in [2.75, 3.05) is 7.11 Å². The summed E-state index contributed by atoms with van der Waals surface area (Å²) in [5.74, 6) is -0.570. The number of rotatable bonds is 1. The Kier molecular flexibility index (Phi) is 3.05. The number of carbonyl (C=O) groups excluding carboxylic acids is 1. The molecule has 74 valence electrons. The molecule has 0 atom stereocenters. The summed E-state index contributed by atoms with van der Waals surface area (Å²) in [6, 6.07) is 6.69. The maximum absolute atomic E-state index is 11.3. The van der Waals surface area contributed by atoms with Crippen LogP contribution in [-0.4, -0.2) is 13.1 Å². The fraction of sp³-hybridized carbons (Fsp3) is 0.182. The number of carbonyl (C=O) groups is 1. The number of methoxy groups -OCH3 is 1. The molecule has 1 aromatic carbocycles. The highest BCUT2D eigenvalue weighted by molar-refractivity contribution is 5.92. The highest BCUT2D eigenvalue weighted by Crippen LogP contribution is 2.16. The van der Waals surface area contributed by atoms with Gasteiger partial charge in [0.25, 0.3) is 0 Å². The predicted octanol–water partition coefficient (Wildman–Crippen LogP) is 1.52. The molecular formula is C11H8N2O2. The van der Waals surface area contributed by atoms with Gasteiger partial charge in [-0.2, -0.15) is 10.5 Å². The first-order valence-electron chi connectivity index (χ1n) is 4.17. The number of aryl methyl sites for hydroxylation is 1. The number of benzene rings is 1. The third-order valence-electron chi connectivity index (χ3n) is 2.01. The lowest BCUT2D eigenvalue weighted by atomic mass is 10.0. The molecule has 0 aliphatic rings. The number of nitrogens with zero attached hydrogens (tertiary/aromatic N) is 2. The molecule has 0 spiro atoms. The molecule has 4 heteroatoms. The molecule has 0 N–H and O–H groups in total. The van der Waals surface area contributed by atoms with E-state index >= 15 is 0 Å². The van der Waals surface area contributed by atoms with E-state index in [4.69, 9.17) is 10.5 Å². The van der Waals surface area contributed by atoms with Gasteiger partial charge in [-0.05, 0) is 24.6 Å². The molecule has 0 heterocycles. The Bertz CT molecular complexity index is 493. The van der Waals surface area contributed by atoms with Gasteiger partial charge < -0.3 is 4.74 Å². The van der Waals surface area contributed by atoms with Crippen molar-refractivity contribution >= 4 is 5.97 Å². The Morgan fingerprint density at radius 1 is 1.27 bits per heavy atom. The topological polar surface area (TPSA) is 73.9 Å². The van der Waals surface area contributed by atoms with Crippen LogP contribution in [-0.2, 0) is 4.74 Å². The quantitative estimate of drug-likeness (QED) is 0.644. The summed E-state index contributed by atoms with van der Waals surface area (Å²) < 4.78 is 4.53. The van der Waals surface area contributed by atoms with E-state index in [-0.39, 0.29) is 11.1 Å². The lowest BCUT2D eigenvalue weighted by Crippen LogP contribution is -2.05. The average Bonchev–Trinajstić information content (AvgIpc) is 2.27. The monoisotopic (exact) mass is 200 g/mol. The van der Waals surface area contributed by atoms with Crippen LogP contribution in [0.2, 0.25) is 0 Å². The molecule has 0 aliphatic heterocycles. The van der Waals surface area contributed by atoms with E-state index in [9.17, 15) is 4.79 Å². The van der Waals surface area contributed by atoms with E-state index in [1.165, 1.54) is 19.2 Å². The van der Waals surface area contributed by atoms with E-state index in [1.54, 1.807) is 6.92 Å². The van der Waals surface area contributed by atoms with Crippen molar-refractivity contribution in [2.45, 2.75) is 6.92 Å². The van der Waals surface area contributed by atoms with E-state index in [2.05, 4.69) is 4.74 Å². The molecule has 4 nitrogen and oxygen atoms in total. The second-order valence-electron chi connectivity index (χ2n) is 2.93. The van der Waals surface area contributed by atoms with Crippen molar-refractivity contribution in [3.8, 4) is 12.1 Å². The largest absolute Gasteiger partial charge is 0.465 e. The SMILES string of the molecule is COC(=O)c1cc(C)c(C#N)cc1C#N. The Morgan fingerprint density at radius 2 is 1.87 bits per heavy atom. The Balaban J connectivity index is 3.44. The standard InChI is InChI=1S/C11H8N2O2/c1-7-3-10(11(14)15-2)9(6-13)4-8(7)5-12/h3-4H,1-2H3. The number of nitriles is 2. The minimum Gasteiger partial charge on any atom is -0.465 e. The van der Waals surface area contributed by atoms with E-state index in [0.717, 1.165) is 0 Å². The zero-order valence-corrected chi connectivity index (χ0v) is 8.37. The molecule has 1 rings (SSSR count). The summed E-state index contributed by atoms with van der Waals surface area (Å²) in [5, 5.41) is 17.6. The van der Waals surface area contributed by atoms with Gasteiger partial charge in [-0.1, -0.05) is 0 Å². The molecule has 0 bridgehead atoms. The Labute approximate surface area is 87.3 Å². The summed E-state index contributed by atoms with van der Waals surface area (Å²) in [7, 11) is 1.25. The van der Waals surface area contributed by atoms with E-state index in [1.807, 2.05) is 12.1 Å². The van der Waals surface area contributed by atoms with Crippen molar-refractivity contribution in [3.63, 3.8) is 0 Å². The molecule has 0 aromatic heterocycles. The molecule has 0 saturated carbocycles. The normalized spacial score (nSPS) is 8.80. The van der Waals surface area contributed by atoms with Gasteiger partial charge in [0.1, 0.15) is 6.07 Å². The first kappa shape index (κ1) is 10.7. The zero-order valence-electron chi connectivity index (χ0n) is 8.37. The van der Waals surface area contributed by atoms with Crippen molar-refractivity contribution in [3.05, 3.63) is 34.4 Å². The Hall–Kier alpha value is -2.33. The second kappa shape index (κ2) is 4.26. The van der Waals surface area contributed by atoms with Gasteiger partial charge >= 0.3 is 5.97 Å². The van der Waals surface area contributed by atoms with Crippen LogP contribution in [0.15, 0.2) is 12.1 Å². The highest BCUT2D eigenvalue weighted by Gasteiger charge is 2.14. The first-order valence-corrected chi connectivity index (χ1v) is 4.17. The fourth-order valence-corrected chi connectivity index (χ4v) is 1.20. The second-order valence-corrected chi connectivity index (χ2v) is 2.93. The Morgan fingerprint density at radius 3 is 2.33 bits per heavy atom. The smallest absolute Gasteiger partial charge is 0.339 e. The first-order chi connectivity index (χ1) is 7.13. The van der Waals surface area contributed by atoms with E-state index < -0.39 is 5.97 Å². The molecule has 0 radical (unpaired) electrons. The van der Waals surface area contributed by atoms with Crippen LogP contribution in [0.3, 0.4) is 0 Å². The summed E-state index contributed by atoms with van der Waals surface area (Å²) in [4.78, 5) is 11.3. The van der Waals surface area contributed by atoms with Crippen LogP contribution in [0.25, 0.3) is 0 Å². The summed E-state index contributed by atoms with van der Waals surface area (Å²) >= 11 is 0. The maximum atomic E-state index is 11.3. The summed E-state index contributed by atoms with van der Waals surface area (Å²) in [6.07, 6.45) is 0. The number of ether oxygens (including phenoxy) is 1. The summed E-state index contributed by atoms with van der Waals surface area (Å²) in [6.45, 7) is 1.70. The van der Waals surface area contributed by atoms with Crippen molar-refractivity contribution < 1.29 is 9.53 Å². The molecule has 0 aliphatic carbocycles. The fourth-order valence-electron chi connectivity index (χ4n) is 1.20. The minimum absolute atomic E-state index is 0.156. The van der Waals surface area contributed by atoms with Gasteiger partial charge in [0.15, 0.2) is 0 Å².